The molecule has 0 aromatic heterocycles. The first kappa shape index (κ1) is 21.7. The number of ether oxygens (including phenoxy) is 4. The molecule has 1 saturated heterocycles. The van der Waals surface area contributed by atoms with E-state index in [0.717, 1.165) is 38.5 Å². The van der Waals surface area contributed by atoms with Crippen LogP contribution in [-0.4, -0.2) is 57.3 Å². The van der Waals surface area contributed by atoms with Crippen molar-refractivity contribution in [3.63, 3.8) is 0 Å². The maximum atomic E-state index is 14.4. The Morgan fingerprint density at radius 3 is 1.67 bits per heavy atom. The van der Waals surface area contributed by atoms with E-state index in [2.05, 4.69) is 13.8 Å². The molecule has 0 saturated carbocycles. The second-order valence-electron chi connectivity index (χ2n) is 6.25. The van der Waals surface area contributed by atoms with Gasteiger partial charge in [-0.15, -0.1) is 0 Å². The fourth-order valence-corrected chi connectivity index (χ4v) is 2.65. The van der Waals surface area contributed by atoms with Gasteiger partial charge in [-0.25, -0.2) is 8.78 Å². The van der Waals surface area contributed by atoms with E-state index in [1.807, 2.05) is 6.92 Å². The van der Waals surface area contributed by atoms with Gasteiger partial charge < -0.3 is 18.9 Å². The third-order valence-corrected chi connectivity index (χ3v) is 4.15. The van der Waals surface area contributed by atoms with Gasteiger partial charge in [0.1, 0.15) is 31.1 Å². The molecule has 1 aliphatic rings. The van der Waals surface area contributed by atoms with Gasteiger partial charge in [0, 0.05) is 19.8 Å². The molecule has 1 heterocycles. The fourth-order valence-electron chi connectivity index (χ4n) is 2.65. The Kier molecular flexibility index (Phi) is 11.8. The molecule has 1 fully saturated rings. The maximum absolute atomic E-state index is 14.4. The Hall–Kier alpha value is -0.300. The predicted octanol–water partition coefficient (Wildman–Crippen LogP) is 4.21. The number of halogens is 2. The lowest BCUT2D eigenvalue weighted by Crippen LogP contribution is -2.60. The highest BCUT2D eigenvalue weighted by atomic mass is 19.1. The number of hydrogen-bond acceptors (Lipinski definition) is 4. The lowest BCUT2D eigenvalue weighted by Gasteiger charge is -2.43. The molecule has 4 unspecified atom stereocenters. The van der Waals surface area contributed by atoms with Crippen molar-refractivity contribution in [3.05, 3.63) is 0 Å². The van der Waals surface area contributed by atoms with E-state index in [4.69, 9.17) is 18.9 Å². The van der Waals surface area contributed by atoms with E-state index >= 15 is 0 Å². The maximum Gasteiger partial charge on any atom is 0.228 e. The van der Waals surface area contributed by atoms with Gasteiger partial charge >= 0.3 is 0 Å². The van der Waals surface area contributed by atoms with Crippen molar-refractivity contribution in [3.8, 4) is 0 Å². The summed E-state index contributed by atoms with van der Waals surface area (Å²) in [4.78, 5) is 0. The summed E-state index contributed by atoms with van der Waals surface area (Å²) >= 11 is 0. The summed E-state index contributed by atoms with van der Waals surface area (Å²) in [7, 11) is 0. The van der Waals surface area contributed by atoms with E-state index in [9.17, 15) is 8.78 Å². The Balaban J connectivity index is 2.79. The summed E-state index contributed by atoms with van der Waals surface area (Å²) in [5, 5.41) is 0. The van der Waals surface area contributed by atoms with Crippen LogP contribution in [0.5, 0.6) is 0 Å². The topological polar surface area (TPSA) is 36.9 Å². The molecule has 0 N–H and O–H groups in total. The molecule has 24 heavy (non-hydrogen) atoms. The molecule has 6 heteroatoms. The molecule has 0 spiro atoms. The van der Waals surface area contributed by atoms with Crippen molar-refractivity contribution in [2.24, 2.45) is 0 Å². The molecular weight excluding hydrogens is 318 g/mol. The van der Waals surface area contributed by atoms with Crippen molar-refractivity contribution >= 4 is 0 Å². The second kappa shape index (κ2) is 13.0. The minimum Gasteiger partial charge on any atom is -0.373 e. The van der Waals surface area contributed by atoms with E-state index in [-0.39, 0.29) is 0 Å². The van der Waals surface area contributed by atoms with Gasteiger partial charge in [-0.3, -0.25) is 0 Å². The zero-order valence-electron chi connectivity index (χ0n) is 15.3. The Bertz CT molecular complexity index is 307. The number of unbranched alkanes of at least 4 members (excludes halogenated alkanes) is 3. The van der Waals surface area contributed by atoms with Gasteiger partial charge in [0.25, 0.3) is 0 Å². The minimum atomic E-state index is -1.69. The smallest absolute Gasteiger partial charge is 0.228 e. The third kappa shape index (κ3) is 6.90. The Morgan fingerprint density at radius 1 is 0.750 bits per heavy atom. The van der Waals surface area contributed by atoms with E-state index in [0.29, 0.717) is 19.8 Å². The van der Waals surface area contributed by atoms with Crippen molar-refractivity contribution in [1.29, 1.82) is 0 Å². The van der Waals surface area contributed by atoms with Crippen molar-refractivity contribution in [2.45, 2.75) is 90.1 Å². The van der Waals surface area contributed by atoms with Crippen LogP contribution in [-0.2, 0) is 18.9 Å². The highest BCUT2D eigenvalue weighted by Gasteiger charge is 2.48. The summed E-state index contributed by atoms with van der Waals surface area (Å²) in [5.74, 6) is 0. The van der Waals surface area contributed by atoms with Crippen LogP contribution in [0.2, 0.25) is 0 Å². The summed E-state index contributed by atoms with van der Waals surface area (Å²) in [6, 6.07) is 0. The van der Waals surface area contributed by atoms with Gasteiger partial charge in [0.05, 0.1) is 0 Å². The normalized spacial score (nSPS) is 30.6. The van der Waals surface area contributed by atoms with Crippen LogP contribution in [0.4, 0.5) is 8.78 Å². The summed E-state index contributed by atoms with van der Waals surface area (Å²) in [5.41, 5.74) is 0. The molecule has 5 atom stereocenters. The third-order valence-electron chi connectivity index (χ3n) is 4.15. The van der Waals surface area contributed by atoms with Gasteiger partial charge in [0.15, 0.2) is 0 Å². The van der Waals surface area contributed by atoms with E-state index < -0.39 is 37.4 Å². The van der Waals surface area contributed by atoms with Gasteiger partial charge in [-0.2, -0.15) is 0 Å². The first-order valence-electron chi connectivity index (χ1n) is 9.39. The standard InChI is InChI=1S/C18H34F2O4/c1-4-7-10-21-15-14(13-19)24-18(20)17(23-12-9-6-3)16(15)22-11-8-5-2/h14-18H,4-13H2,1-3H3/t14?,15-,16?,17?,18?/m0/s1. The molecular formula is C18H34F2O4. The fraction of sp³-hybridized carbons (Fsp3) is 1.00. The SMILES string of the molecule is CCCCOC1C(F)OC(CF)[C@H](OCCCC)C1OCCCC. The summed E-state index contributed by atoms with van der Waals surface area (Å²) < 4.78 is 50.3. The van der Waals surface area contributed by atoms with Gasteiger partial charge in [0.2, 0.25) is 6.36 Å². The number of hydrogen-bond donors (Lipinski definition) is 0. The van der Waals surface area contributed by atoms with Crippen LogP contribution in [0.25, 0.3) is 0 Å². The highest BCUT2D eigenvalue weighted by Crippen LogP contribution is 2.29. The average molecular weight is 352 g/mol. The molecule has 1 rings (SSSR count). The summed E-state index contributed by atoms with van der Waals surface area (Å²) in [6.07, 6.45) is 0.642. The average Bonchev–Trinajstić information content (AvgIpc) is 2.58. The van der Waals surface area contributed by atoms with Crippen LogP contribution in [0.15, 0.2) is 0 Å². The molecule has 1 aliphatic heterocycles. The van der Waals surface area contributed by atoms with Crippen LogP contribution >= 0.6 is 0 Å². The van der Waals surface area contributed by atoms with Crippen molar-refractivity contribution in [2.75, 3.05) is 26.5 Å². The van der Waals surface area contributed by atoms with Gasteiger partial charge in [-0.1, -0.05) is 40.0 Å². The molecule has 0 amide bonds. The molecule has 0 aromatic carbocycles. The molecule has 4 nitrogen and oxygen atoms in total. The van der Waals surface area contributed by atoms with E-state index in [1.165, 1.54) is 0 Å². The first-order valence-corrected chi connectivity index (χ1v) is 9.39. The van der Waals surface area contributed by atoms with Crippen LogP contribution in [0.1, 0.15) is 59.3 Å². The minimum absolute atomic E-state index is 0.431. The summed E-state index contributed by atoms with van der Waals surface area (Å²) in [6.45, 7) is 6.74. The van der Waals surface area contributed by atoms with Crippen LogP contribution in [0, 0.1) is 0 Å². The van der Waals surface area contributed by atoms with Crippen molar-refractivity contribution < 1.29 is 27.7 Å². The quantitative estimate of drug-likeness (QED) is 0.465. The molecule has 0 aromatic rings. The predicted molar refractivity (Wildman–Crippen MR) is 89.7 cm³/mol. The lowest BCUT2D eigenvalue weighted by molar-refractivity contribution is -0.288. The largest absolute Gasteiger partial charge is 0.373 e. The number of rotatable bonds is 13. The van der Waals surface area contributed by atoms with E-state index in [1.54, 1.807) is 0 Å². The molecule has 0 aliphatic carbocycles. The van der Waals surface area contributed by atoms with Crippen LogP contribution in [0.3, 0.4) is 0 Å². The second-order valence-corrected chi connectivity index (χ2v) is 6.25. The highest BCUT2D eigenvalue weighted by molar-refractivity contribution is 4.92. The molecule has 0 bridgehead atoms. The zero-order valence-corrected chi connectivity index (χ0v) is 15.3. The monoisotopic (exact) mass is 352 g/mol. The van der Waals surface area contributed by atoms with Crippen LogP contribution < -0.4 is 0 Å². The Labute approximate surface area is 145 Å². The van der Waals surface area contributed by atoms with Gasteiger partial charge in [-0.05, 0) is 19.3 Å². The number of alkyl halides is 2. The molecule has 144 valence electrons. The lowest BCUT2D eigenvalue weighted by atomic mass is 9.99. The zero-order chi connectivity index (χ0) is 17.8. The van der Waals surface area contributed by atoms with Crippen molar-refractivity contribution in [1.82, 2.24) is 0 Å². The Morgan fingerprint density at radius 2 is 1.21 bits per heavy atom. The molecule has 0 radical (unpaired) electrons. The first-order chi connectivity index (χ1) is 11.7.